The minimum atomic E-state index is -0.667. The summed E-state index contributed by atoms with van der Waals surface area (Å²) in [6.07, 6.45) is 6.50. The standard InChI is InChI=1S/C19H27N3O2/c1-5-6-11-24-16-9-7-15(8-10-16)12-17(18(23)19(2,3)4)22-14-20-13-21-22/h7-10,12-14,18,23H,5-6,11H2,1-4H3/b17-12+. The zero-order valence-corrected chi connectivity index (χ0v) is 14.9. The number of ether oxygens (including phenoxy) is 1. The van der Waals surface area contributed by atoms with Crippen molar-refractivity contribution in [3.05, 3.63) is 42.5 Å². The number of rotatable bonds is 7. The molecule has 1 unspecified atom stereocenters. The van der Waals surface area contributed by atoms with Crippen molar-refractivity contribution in [2.45, 2.75) is 46.6 Å². The summed E-state index contributed by atoms with van der Waals surface area (Å²) in [6, 6.07) is 7.86. The Morgan fingerprint density at radius 3 is 2.54 bits per heavy atom. The molecule has 0 radical (unpaired) electrons. The molecule has 1 N–H and O–H groups in total. The maximum Gasteiger partial charge on any atom is 0.138 e. The number of hydrogen-bond donors (Lipinski definition) is 1. The summed E-state index contributed by atoms with van der Waals surface area (Å²) in [4.78, 5) is 3.98. The second-order valence-corrected chi connectivity index (χ2v) is 6.95. The molecule has 0 saturated heterocycles. The van der Waals surface area contributed by atoms with Gasteiger partial charge in [-0.15, -0.1) is 0 Å². The van der Waals surface area contributed by atoms with Crippen LogP contribution in [0.2, 0.25) is 0 Å². The van der Waals surface area contributed by atoms with Gasteiger partial charge in [-0.2, -0.15) is 5.10 Å². The van der Waals surface area contributed by atoms with Crippen LogP contribution in [0.3, 0.4) is 0 Å². The average molecular weight is 329 g/mol. The Kier molecular flexibility index (Phi) is 6.15. The van der Waals surface area contributed by atoms with Gasteiger partial charge in [-0.25, -0.2) is 9.67 Å². The second-order valence-electron chi connectivity index (χ2n) is 6.95. The molecule has 24 heavy (non-hydrogen) atoms. The summed E-state index contributed by atoms with van der Waals surface area (Å²) >= 11 is 0. The van der Waals surface area contributed by atoms with Gasteiger partial charge in [0.1, 0.15) is 24.5 Å². The highest BCUT2D eigenvalue weighted by Crippen LogP contribution is 2.29. The predicted octanol–water partition coefficient (Wildman–Crippen LogP) is 3.86. The molecule has 5 heteroatoms. The molecule has 1 atom stereocenters. The van der Waals surface area contributed by atoms with Crippen molar-refractivity contribution >= 4 is 11.8 Å². The molecular weight excluding hydrogens is 302 g/mol. The van der Waals surface area contributed by atoms with Gasteiger partial charge in [0.15, 0.2) is 0 Å². The molecule has 2 aromatic rings. The van der Waals surface area contributed by atoms with Crippen LogP contribution in [0, 0.1) is 5.41 Å². The molecule has 0 bridgehead atoms. The molecule has 1 aromatic heterocycles. The number of benzene rings is 1. The fourth-order valence-electron chi connectivity index (χ4n) is 2.22. The van der Waals surface area contributed by atoms with Gasteiger partial charge in [-0.05, 0) is 35.6 Å². The number of aliphatic hydroxyl groups excluding tert-OH is 1. The van der Waals surface area contributed by atoms with Crippen LogP contribution in [-0.2, 0) is 0 Å². The summed E-state index contributed by atoms with van der Waals surface area (Å²) < 4.78 is 7.30. The molecule has 0 aliphatic rings. The van der Waals surface area contributed by atoms with Gasteiger partial charge in [0, 0.05) is 0 Å². The second kappa shape index (κ2) is 8.11. The number of unbranched alkanes of at least 4 members (excludes halogenated alkanes) is 1. The first-order chi connectivity index (χ1) is 11.4. The third kappa shape index (κ3) is 4.93. The van der Waals surface area contributed by atoms with E-state index in [4.69, 9.17) is 4.74 Å². The normalized spacial score (nSPS) is 13.8. The maximum absolute atomic E-state index is 10.7. The smallest absolute Gasteiger partial charge is 0.138 e. The van der Waals surface area contributed by atoms with E-state index >= 15 is 0 Å². The predicted molar refractivity (Wildman–Crippen MR) is 96.5 cm³/mol. The van der Waals surface area contributed by atoms with Crippen molar-refractivity contribution < 1.29 is 9.84 Å². The minimum Gasteiger partial charge on any atom is -0.494 e. The van der Waals surface area contributed by atoms with Crippen molar-refractivity contribution in [3.63, 3.8) is 0 Å². The molecule has 2 rings (SSSR count). The lowest BCUT2D eigenvalue weighted by atomic mass is 9.86. The van der Waals surface area contributed by atoms with Crippen LogP contribution in [0.15, 0.2) is 36.9 Å². The highest BCUT2D eigenvalue weighted by molar-refractivity contribution is 5.73. The van der Waals surface area contributed by atoms with E-state index in [2.05, 4.69) is 17.0 Å². The van der Waals surface area contributed by atoms with Crippen LogP contribution >= 0.6 is 0 Å². The van der Waals surface area contributed by atoms with Gasteiger partial charge in [0.2, 0.25) is 0 Å². The van der Waals surface area contributed by atoms with Gasteiger partial charge in [-0.3, -0.25) is 0 Å². The molecule has 0 fully saturated rings. The largest absolute Gasteiger partial charge is 0.494 e. The molecule has 0 saturated carbocycles. The lowest BCUT2D eigenvalue weighted by molar-refractivity contribution is 0.109. The summed E-state index contributed by atoms with van der Waals surface area (Å²) in [5.74, 6) is 0.860. The Balaban J connectivity index is 2.23. The number of hydrogen-bond acceptors (Lipinski definition) is 4. The number of aliphatic hydroxyl groups is 1. The van der Waals surface area contributed by atoms with Crippen molar-refractivity contribution in [2.24, 2.45) is 5.41 Å². The maximum atomic E-state index is 10.7. The minimum absolute atomic E-state index is 0.305. The van der Waals surface area contributed by atoms with Crippen molar-refractivity contribution in [1.29, 1.82) is 0 Å². The monoisotopic (exact) mass is 329 g/mol. The molecule has 5 nitrogen and oxygen atoms in total. The molecule has 1 aromatic carbocycles. The zero-order chi connectivity index (χ0) is 17.6. The van der Waals surface area contributed by atoms with E-state index in [9.17, 15) is 5.11 Å². The highest BCUT2D eigenvalue weighted by Gasteiger charge is 2.27. The van der Waals surface area contributed by atoms with E-state index in [0.717, 1.165) is 30.8 Å². The molecule has 0 amide bonds. The molecule has 0 aliphatic carbocycles. The van der Waals surface area contributed by atoms with E-state index in [-0.39, 0.29) is 5.41 Å². The summed E-state index contributed by atoms with van der Waals surface area (Å²) in [5, 5.41) is 14.9. The molecule has 130 valence electrons. The lowest BCUT2D eigenvalue weighted by Gasteiger charge is -2.28. The van der Waals surface area contributed by atoms with E-state index < -0.39 is 6.10 Å². The van der Waals surface area contributed by atoms with Crippen LogP contribution < -0.4 is 4.74 Å². The van der Waals surface area contributed by atoms with Crippen LogP contribution in [0.1, 0.15) is 46.1 Å². The summed E-state index contributed by atoms with van der Waals surface area (Å²) in [5.41, 5.74) is 1.37. The zero-order valence-electron chi connectivity index (χ0n) is 14.9. The molecular formula is C19H27N3O2. The van der Waals surface area contributed by atoms with E-state index in [1.807, 2.05) is 51.1 Å². The molecule has 1 heterocycles. The van der Waals surface area contributed by atoms with Crippen LogP contribution in [0.5, 0.6) is 5.75 Å². The molecule has 0 spiro atoms. The van der Waals surface area contributed by atoms with E-state index in [1.54, 1.807) is 11.0 Å². The quantitative estimate of drug-likeness (QED) is 0.784. The van der Waals surface area contributed by atoms with Gasteiger partial charge in [-0.1, -0.05) is 46.2 Å². The Hall–Kier alpha value is -2.14. The first-order valence-electron chi connectivity index (χ1n) is 8.39. The van der Waals surface area contributed by atoms with Gasteiger partial charge < -0.3 is 9.84 Å². The molecule has 0 aliphatic heterocycles. The van der Waals surface area contributed by atoms with Crippen molar-refractivity contribution in [1.82, 2.24) is 14.8 Å². The summed E-state index contributed by atoms with van der Waals surface area (Å²) in [6.45, 7) is 8.86. The topological polar surface area (TPSA) is 60.2 Å². The van der Waals surface area contributed by atoms with Gasteiger partial charge in [0.05, 0.1) is 12.3 Å². The Morgan fingerprint density at radius 1 is 1.29 bits per heavy atom. The van der Waals surface area contributed by atoms with Crippen molar-refractivity contribution in [2.75, 3.05) is 6.61 Å². The fraction of sp³-hybridized carbons (Fsp3) is 0.474. The van der Waals surface area contributed by atoms with Crippen LogP contribution in [0.25, 0.3) is 11.8 Å². The average Bonchev–Trinajstić information content (AvgIpc) is 3.07. The van der Waals surface area contributed by atoms with Crippen LogP contribution in [0.4, 0.5) is 0 Å². The van der Waals surface area contributed by atoms with Crippen LogP contribution in [-0.4, -0.2) is 32.6 Å². The highest BCUT2D eigenvalue weighted by atomic mass is 16.5. The van der Waals surface area contributed by atoms with E-state index in [1.165, 1.54) is 6.33 Å². The summed E-state index contributed by atoms with van der Waals surface area (Å²) in [7, 11) is 0. The third-order valence-electron chi connectivity index (χ3n) is 3.75. The van der Waals surface area contributed by atoms with Gasteiger partial charge in [0.25, 0.3) is 0 Å². The Labute approximate surface area is 144 Å². The first kappa shape index (κ1) is 18.2. The fourth-order valence-corrected chi connectivity index (χ4v) is 2.22. The van der Waals surface area contributed by atoms with E-state index in [0.29, 0.717) is 5.70 Å². The Bertz CT molecular complexity index is 640. The lowest BCUT2D eigenvalue weighted by Crippen LogP contribution is -2.29. The van der Waals surface area contributed by atoms with Crippen molar-refractivity contribution in [3.8, 4) is 5.75 Å². The Morgan fingerprint density at radius 2 is 2.00 bits per heavy atom. The number of aromatic nitrogens is 3. The number of nitrogens with zero attached hydrogens (tertiary/aromatic N) is 3. The SMILES string of the molecule is CCCCOc1ccc(/C=C(\C(O)C(C)(C)C)n2cncn2)cc1. The third-order valence-corrected chi connectivity index (χ3v) is 3.75. The van der Waals surface area contributed by atoms with Gasteiger partial charge >= 0.3 is 0 Å². The first-order valence-corrected chi connectivity index (χ1v) is 8.39.